The number of carbonyl (C=O) groups excluding carboxylic acids is 2. The minimum absolute atomic E-state index is 0.0525. The Kier molecular flexibility index (Phi) is 3.85. The van der Waals surface area contributed by atoms with Gasteiger partial charge in [0.2, 0.25) is 6.29 Å². The fourth-order valence-corrected chi connectivity index (χ4v) is 1.84. The van der Waals surface area contributed by atoms with Gasteiger partial charge in [0.25, 0.3) is 0 Å². The van der Waals surface area contributed by atoms with Gasteiger partial charge in [0.05, 0.1) is 0 Å². The average molecular weight is 250 g/mol. The second kappa shape index (κ2) is 5.56. The second-order valence-corrected chi connectivity index (χ2v) is 4.27. The Morgan fingerprint density at radius 1 is 1.59 bits per heavy atom. The quantitative estimate of drug-likeness (QED) is 0.606. The van der Waals surface area contributed by atoms with Crippen molar-refractivity contribution in [1.29, 1.82) is 0 Å². The van der Waals surface area contributed by atoms with Crippen LogP contribution in [-0.2, 0) is 19.1 Å². The summed E-state index contributed by atoms with van der Waals surface area (Å²) in [7, 11) is 0. The summed E-state index contributed by atoms with van der Waals surface area (Å²) in [5.74, 6) is -0.631. The Morgan fingerprint density at radius 2 is 2.47 bits per heavy atom. The Bertz CT molecular complexity index is 459. The first-order valence-electron chi connectivity index (χ1n) is 4.99. The Labute approximate surface area is 102 Å². The van der Waals surface area contributed by atoms with Crippen LogP contribution in [0.15, 0.2) is 35.7 Å². The molecule has 0 saturated heterocycles. The molecule has 88 valence electrons. The Morgan fingerprint density at radius 3 is 3.12 bits per heavy atom. The van der Waals surface area contributed by atoms with Gasteiger partial charge in [-0.2, -0.15) is 0 Å². The lowest BCUT2D eigenvalue weighted by Crippen LogP contribution is -2.25. The van der Waals surface area contributed by atoms with Crippen LogP contribution in [0.1, 0.15) is 4.88 Å². The molecule has 0 unspecified atom stereocenters. The number of thiophene rings is 1. The highest BCUT2D eigenvalue weighted by Crippen LogP contribution is 2.11. The van der Waals surface area contributed by atoms with Gasteiger partial charge < -0.3 is 9.47 Å². The lowest BCUT2D eigenvalue weighted by atomic mass is 10.3. The molecule has 2 rings (SSSR count). The number of esters is 1. The van der Waals surface area contributed by atoms with Crippen LogP contribution in [-0.4, -0.2) is 24.6 Å². The molecule has 0 bridgehead atoms. The molecule has 2 heterocycles. The molecular formula is C12H10O4S. The molecule has 0 radical (unpaired) electrons. The minimum Gasteiger partial charge on any atom is -0.429 e. The van der Waals surface area contributed by atoms with E-state index in [0.717, 1.165) is 4.88 Å². The van der Waals surface area contributed by atoms with E-state index in [2.05, 4.69) is 0 Å². The van der Waals surface area contributed by atoms with E-state index in [9.17, 15) is 9.59 Å². The van der Waals surface area contributed by atoms with Gasteiger partial charge in [-0.25, -0.2) is 4.79 Å². The summed E-state index contributed by atoms with van der Waals surface area (Å²) in [5.41, 5.74) is 0. The van der Waals surface area contributed by atoms with E-state index in [1.807, 2.05) is 17.5 Å². The maximum Gasteiger partial charge on any atom is 0.333 e. The van der Waals surface area contributed by atoms with Crippen molar-refractivity contribution in [3.05, 3.63) is 40.6 Å². The molecule has 1 atom stereocenters. The van der Waals surface area contributed by atoms with Crippen molar-refractivity contribution in [2.24, 2.45) is 0 Å². The van der Waals surface area contributed by atoms with Crippen LogP contribution in [0.3, 0.4) is 0 Å². The zero-order valence-electron chi connectivity index (χ0n) is 8.87. The first-order chi connectivity index (χ1) is 8.24. The predicted molar refractivity (Wildman–Crippen MR) is 63.3 cm³/mol. The van der Waals surface area contributed by atoms with E-state index < -0.39 is 12.3 Å². The molecule has 0 aliphatic carbocycles. The van der Waals surface area contributed by atoms with E-state index >= 15 is 0 Å². The molecule has 0 aromatic carbocycles. The maximum atomic E-state index is 11.4. The molecule has 1 aromatic rings. The SMILES string of the molecule is O=C1C=C[C@H](OC(=O)/C=C/c2cccs2)OC1. The number of hydrogen-bond donors (Lipinski definition) is 0. The highest BCUT2D eigenvalue weighted by Gasteiger charge is 2.15. The zero-order chi connectivity index (χ0) is 12.1. The predicted octanol–water partition coefficient (Wildman–Crippen LogP) is 1.79. The smallest absolute Gasteiger partial charge is 0.333 e. The van der Waals surface area contributed by atoms with Crippen LogP contribution in [0.2, 0.25) is 0 Å². The standard InChI is InChI=1S/C12H10O4S/c13-9-3-6-12(15-8-9)16-11(14)5-4-10-2-1-7-17-10/h1-7,12H,8H2/b5-4+/t12-/m0/s1. The maximum absolute atomic E-state index is 11.4. The number of hydrogen-bond acceptors (Lipinski definition) is 5. The molecule has 1 aliphatic heterocycles. The largest absolute Gasteiger partial charge is 0.429 e. The molecule has 0 N–H and O–H groups in total. The number of rotatable bonds is 3. The van der Waals surface area contributed by atoms with Crippen LogP contribution in [0.25, 0.3) is 6.08 Å². The molecule has 1 aromatic heterocycles. The number of carbonyl (C=O) groups is 2. The van der Waals surface area contributed by atoms with E-state index in [-0.39, 0.29) is 12.4 Å². The molecule has 1 aliphatic rings. The van der Waals surface area contributed by atoms with E-state index in [4.69, 9.17) is 9.47 Å². The third-order valence-corrected chi connectivity index (χ3v) is 2.83. The molecule has 5 heteroatoms. The first-order valence-corrected chi connectivity index (χ1v) is 5.87. The number of ketones is 1. The summed E-state index contributed by atoms with van der Waals surface area (Å²) in [6, 6.07) is 3.79. The molecule has 17 heavy (non-hydrogen) atoms. The van der Waals surface area contributed by atoms with Crippen molar-refractivity contribution in [3.8, 4) is 0 Å². The van der Waals surface area contributed by atoms with Crippen LogP contribution < -0.4 is 0 Å². The lowest BCUT2D eigenvalue weighted by Gasteiger charge is -2.15. The van der Waals surface area contributed by atoms with Gasteiger partial charge in [-0.3, -0.25) is 4.79 Å². The third-order valence-electron chi connectivity index (χ3n) is 1.99. The summed E-state index contributed by atoms with van der Waals surface area (Å²) in [5, 5.41) is 1.92. The normalized spacial score (nSPS) is 19.8. The topological polar surface area (TPSA) is 52.6 Å². The summed E-state index contributed by atoms with van der Waals surface area (Å²) in [6.07, 6.45) is 5.00. The van der Waals surface area contributed by atoms with E-state index in [1.54, 1.807) is 6.08 Å². The summed E-state index contributed by atoms with van der Waals surface area (Å²) < 4.78 is 9.94. The Hall–Kier alpha value is -1.72. The fraction of sp³-hybridized carbons (Fsp3) is 0.167. The van der Waals surface area contributed by atoms with Crippen LogP contribution in [0.4, 0.5) is 0 Å². The van der Waals surface area contributed by atoms with Crippen LogP contribution >= 0.6 is 11.3 Å². The van der Waals surface area contributed by atoms with Crippen molar-refractivity contribution in [2.45, 2.75) is 6.29 Å². The van der Waals surface area contributed by atoms with Crippen LogP contribution in [0, 0.1) is 0 Å². The van der Waals surface area contributed by atoms with Crippen molar-refractivity contribution < 1.29 is 19.1 Å². The zero-order valence-corrected chi connectivity index (χ0v) is 9.68. The third kappa shape index (κ3) is 3.65. The van der Waals surface area contributed by atoms with Gasteiger partial charge in [-0.15, -0.1) is 11.3 Å². The number of ether oxygens (including phenoxy) is 2. The Balaban J connectivity index is 1.85. The van der Waals surface area contributed by atoms with Crippen molar-refractivity contribution in [1.82, 2.24) is 0 Å². The van der Waals surface area contributed by atoms with Crippen molar-refractivity contribution in [3.63, 3.8) is 0 Å². The highest BCUT2D eigenvalue weighted by molar-refractivity contribution is 7.10. The monoisotopic (exact) mass is 250 g/mol. The summed E-state index contributed by atoms with van der Waals surface area (Å²) >= 11 is 1.53. The van der Waals surface area contributed by atoms with Crippen molar-refractivity contribution in [2.75, 3.05) is 6.61 Å². The molecule has 0 fully saturated rings. The lowest BCUT2D eigenvalue weighted by molar-refractivity contribution is -0.166. The second-order valence-electron chi connectivity index (χ2n) is 3.29. The van der Waals surface area contributed by atoms with Crippen LogP contribution in [0.5, 0.6) is 0 Å². The summed E-state index contributed by atoms with van der Waals surface area (Å²) in [4.78, 5) is 23.2. The fourth-order valence-electron chi connectivity index (χ4n) is 1.22. The molecule has 0 saturated carbocycles. The van der Waals surface area contributed by atoms with Gasteiger partial charge in [0.1, 0.15) is 6.61 Å². The van der Waals surface area contributed by atoms with Gasteiger partial charge in [0, 0.05) is 11.0 Å². The van der Waals surface area contributed by atoms with Gasteiger partial charge >= 0.3 is 5.97 Å². The minimum atomic E-state index is -0.770. The van der Waals surface area contributed by atoms with Gasteiger partial charge in [-0.05, 0) is 29.7 Å². The molecule has 0 amide bonds. The van der Waals surface area contributed by atoms with E-state index in [0.29, 0.717) is 0 Å². The van der Waals surface area contributed by atoms with Gasteiger partial charge in [0.15, 0.2) is 5.78 Å². The van der Waals surface area contributed by atoms with E-state index in [1.165, 1.54) is 29.6 Å². The summed E-state index contributed by atoms with van der Waals surface area (Å²) in [6.45, 7) is -0.0525. The highest BCUT2D eigenvalue weighted by atomic mass is 32.1. The average Bonchev–Trinajstić information content (AvgIpc) is 2.83. The molecular weight excluding hydrogens is 240 g/mol. The first kappa shape index (κ1) is 11.8. The molecule has 4 nitrogen and oxygen atoms in total. The van der Waals surface area contributed by atoms with Crippen molar-refractivity contribution >= 4 is 29.2 Å². The molecule has 0 spiro atoms. The van der Waals surface area contributed by atoms with Gasteiger partial charge in [-0.1, -0.05) is 6.07 Å².